The molecular formula is C12H5Cl2F3N2O4. The van der Waals surface area contributed by atoms with Gasteiger partial charge in [0.25, 0.3) is 0 Å². The Morgan fingerprint density at radius 3 is 2.17 bits per heavy atom. The van der Waals surface area contributed by atoms with Gasteiger partial charge in [0.1, 0.15) is 0 Å². The molecule has 0 radical (unpaired) electrons. The summed E-state index contributed by atoms with van der Waals surface area (Å²) in [6.45, 7) is 0. The van der Waals surface area contributed by atoms with E-state index in [1.807, 2.05) is 4.98 Å². The molecule has 23 heavy (non-hydrogen) atoms. The lowest BCUT2D eigenvalue weighted by Gasteiger charge is -2.12. The van der Waals surface area contributed by atoms with E-state index in [0.29, 0.717) is 12.1 Å². The number of aromatic nitrogens is 1. The van der Waals surface area contributed by atoms with Gasteiger partial charge in [-0.25, -0.2) is 0 Å². The number of halogens is 5. The SMILES string of the molecule is O=c1[nH]c(Oc2c(Cl)cc(C(F)(F)F)cc2Cl)ccc1[N+](=O)[O-]. The molecule has 1 aromatic carbocycles. The largest absolute Gasteiger partial charge is 0.438 e. The molecule has 2 rings (SSSR count). The van der Waals surface area contributed by atoms with Crippen LogP contribution in [0.3, 0.4) is 0 Å². The molecule has 0 bridgehead atoms. The van der Waals surface area contributed by atoms with Crippen LogP contribution in [0.15, 0.2) is 29.1 Å². The van der Waals surface area contributed by atoms with Crippen molar-refractivity contribution >= 4 is 28.9 Å². The van der Waals surface area contributed by atoms with Crippen LogP contribution in [0.4, 0.5) is 18.9 Å². The van der Waals surface area contributed by atoms with E-state index in [-0.39, 0.29) is 11.6 Å². The maximum atomic E-state index is 12.6. The van der Waals surface area contributed by atoms with Crippen LogP contribution in [0.2, 0.25) is 10.0 Å². The number of benzene rings is 1. The molecule has 0 amide bonds. The number of pyridine rings is 1. The average molecular weight is 369 g/mol. The predicted octanol–water partition coefficient (Wildman–Crippen LogP) is 4.40. The lowest BCUT2D eigenvalue weighted by molar-refractivity contribution is -0.386. The molecule has 11 heteroatoms. The Morgan fingerprint density at radius 2 is 1.74 bits per heavy atom. The van der Waals surface area contributed by atoms with Gasteiger partial charge < -0.3 is 4.74 Å². The van der Waals surface area contributed by atoms with E-state index in [0.717, 1.165) is 12.1 Å². The zero-order valence-electron chi connectivity index (χ0n) is 10.8. The van der Waals surface area contributed by atoms with Gasteiger partial charge in [0.15, 0.2) is 5.75 Å². The maximum Gasteiger partial charge on any atom is 0.416 e. The van der Waals surface area contributed by atoms with Crippen LogP contribution in [-0.4, -0.2) is 9.91 Å². The molecule has 0 aliphatic rings. The van der Waals surface area contributed by atoms with Crippen LogP contribution in [0.5, 0.6) is 11.6 Å². The van der Waals surface area contributed by atoms with Crippen molar-refractivity contribution in [1.82, 2.24) is 4.98 Å². The molecule has 0 spiro atoms. The van der Waals surface area contributed by atoms with Gasteiger partial charge in [0.05, 0.1) is 20.5 Å². The van der Waals surface area contributed by atoms with Crippen LogP contribution in [-0.2, 0) is 6.18 Å². The molecule has 0 aliphatic heterocycles. The zero-order valence-corrected chi connectivity index (χ0v) is 12.3. The number of ether oxygens (including phenoxy) is 1. The van der Waals surface area contributed by atoms with Gasteiger partial charge in [-0.2, -0.15) is 13.2 Å². The highest BCUT2D eigenvalue weighted by atomic mass is 35.5. The van der Waals surface area contributed by atoms with Crippen LogP contribution in [0.1, 0.15) is 5.56 Å². The van der Waals surface area contributed by atoms with Gasteiger partial charge in [-0.15, -0.1) is 0 Å². The third kappa shape index (κ3) is 3.74. The lowest BCUT2D eigenvalue weighted by Crippen LogP contribution is -2.11. The third-order valence-corrected chi connectivity index (χ3v) is 3.16. The first-order valence-corrected chi connectivity index (χ1v) is 6.47. The maximum absolute atomic E-state index is 12.6. The number of nitro groups is 1. The monoisotopic (exact) mass is 368 g/mol. The van der Waals surface area contributed by atoms with E-state index in [1.165, 1.54) is 0 Å². The first-order chi connectivity index (χ1) is 10.6. The Labute approximate surface area is 135 Å². The van der Waals surface area contributed by atoms with Crippen molar-refractivity contribution in [3.63, 3.8) is 0 Å². The molecule has 0 atom stereocenters. The summed E-state index contributed by atoms with van der Waals surface area (Å²) in [5.41, 5.74) is -2.84. The molecule has 0 saturated heterocycles. The minimum absolute atomic E-state index is 0.274. The van der Waals surface area contributed by atoms with E-state index in [4.69, 9.17) is 27.9 Å². The normalized spacial score (nSPS) is 11.3. The number of nitrogens with one attached hydrogen (secondary N) is 1. The first-order valence-electron chi connectivity index (χ1n) is 5.71. The van der Waals surface area contributed by atoms with Crippen molar-refractivity contribution in [2.75, 3.05) is 0 Å². The summed E-state index contributed by atoms with van der Waals surface area (Å²) in [5, 5.41) is 9.65. The quantitative estimate of drug-likeness (QED) is 0.642. The van der Waals surface area contributed by atoms with Gasteiger partial charge in [-0.05, 0) is 12.1 Å². The van der Waals surface area contributed by atoms with E-state index in [2.05, 4.69) is 0 Å². The second-order valence-corrected chi connectivity index (χ2v) is 4.98. The summed E-state index contributed by atoms with van der Waals surface area (Å²) in [4.78, 5) is 23.1. The van der Waals surface area contributed by atoms with Gasteiger partial charge in [0, 0.05) is 12.1 Å². The summed E-state index contributed by atoms with van der Waals surface area (Å²) in [6.07, 6.45) is -4.65. The van der Waals surface area contributed by atoms with E-state index in [1.54, 1.807) is 0 Å². The van der Waals surface area contributed by atoms with E-state index in [9.17, 15) is 28.1 Å². The average Bonchev–Trinajstić information content (AvgIpc) is 2.41. The van der Waals surface area contributed by atoms with Gasteiger partial charge in [-0.1, -0.05) is 23.2 Å². The molecule has 1 heterocycles. The number of hydrogen-bond acceptors (Lipinski definition) is 4. The topological polar surface area (TPSA) is 85.2 Å². The molecule has 2 aromatic rings. The standard InChI is InChI=1S/C12H5Cl2F3N2O4/c13-6-3-5(12(15,16)17)4-7(14)10(6)23-9-2-1-8(19(21)22)11(20)18-9/h1-4H,(H,18,20). The summed E-state index contributed by atoms with van der Waals surface area (Å²) in [7, 11) is 0. The zero-order chi connectivity index (χ0) is 17.4. The second kappa shape index (κ2) is 6.09. The highest BCUT2D eigenvalue weighted by Crippen LogP contribution is 2.41. The van der Waals surface area contributed by atoms with Crippen molar-refractivity contribution in [3.8, 4) is 11.6 Å². The van der Waals surface area contributed by atoms with Crippen LogP contribution < -0.4 is 10.3 Å². The van der Waals surface area contributed by atoms with Crippen molar-refractivity contribution < 1.29 is 22.8 Å². The minimum atomic E-state index is -4.65. The van der Waals surface area contributed by atoms with Gasteiger partial charge >= 0.3 is 17.4 Å². The molecule has 122 valence electrons. The smallest absolute Gasteiger partial charge is 0.416 e. The molecular weight excluding hydrogens is 364 g/mol. The Balaban J connectivity index is 2.40. The minimum Gasteiger partial charge on any atom is -0.438 e. The Hall–Kier alpha value is -2.26. The third-order valence-electron chi connectivity index (χ3n) is 2.60. The van der Waals surface area contributed by atoms with E-state index < -0.39 is 38.0 Å². The van der Waals surface area contributed by atoms with Crippen LogP contribution in [0, 0.1) is 10.1 Å². The summed E-state index contributed by atoms with van der Waals surface area (Å²) >= 11 is 11.4. The summed E-state index contributed by atoms with van der Waals surface area (Å²) in [6, 6.07) is 3.13. The number of H-pyrrole nitrogens is 1. The fourth-order valence-electron chi connectivity index (χ4n) is 1.58. The molecule has 0 unspecified atom stereocenters. The Morgan fingerprint density at radius 1 is 1.17 bits per heavy atom. The highest BCUT2D eigenvalue weighted by Gasteiger charge is 2.32. The fraction of sp³-hybridized carbons (Fsp3) is 0.0833. The summed E-state index contributed by atoms with van der Waals surface area (Å²) in [5.74, 6) is -0.602. The van der Waals surface area contributed by atoms with E-state index >= 15 is 0 Å². The van der Waals surface area contributed by atoms with Crippen molar-refractivity contribution in [1.29, 1.82) is 0 Å². The molecule has 0 fully saturated rings. The second-order valence-electron chi connectivity index (χ2n) is 4.16. The predicted molar refractivity (Wildman–Crippen MR) is 75.3 cm³/mol. The van der Waals surface area contributed by atoms with Crippen LogP contribution >= 0.6 is 23.2 Å². The first kappa shape index (κ1) is 17.1. The molecule has 6 nitrogen and oxygen atoms in total. The number of alkyl halides is 3. The molecule has 1 aromatic heterocycles. The van der Waals surface area contributed by atoms with Crippen LogP contribution in [0.25, 0.3) is 0 Å². The van der Waals surface area contributed by atoms with Crippen molar-refractivity contribution in [2.45, 2.75) is 6.18 Å². The highest BCUT2D eigenvalue weighted by molar-refractivity contribution is 6.37. The molecule has 1 N–H and O–H groups in total. The van der Waals surface area contributed by atoms with Gasteiger partial charge in [0.2, 0.25) is 5.88 Å². The van der Waals surface area contributed by atoms with Gasteiger partial charge in [-0.3, -0.25) is 19.9 Å². The Kier molecular flexibility index (Phi) is 4.53. The molecule has 0 saturated carbocycles. The summed E-state index contributed by atoms with van der Waals surface area (Å²) < 4.78 is 42.9. The molecule has 0 aliphatic carbocycles. The Bertz CT molecular complexity index is 813. The number of nitrogens with zero attached hydrogens (tertiary/aromatic N) is 1. The fourth-order valence-corrected chi connectivity index (χ4v) is 2.15. The van der Waals surface area contributed by atoms with Crippen molar-refractivity contribution in [3.05, 3.63) is 60.3 Å². The number of hydrogen-bond donors (Lipinski definition) is 1. The number of aromatic amines is 1. The lowest BCUT2D eigenvalue weighted by atomic mass is 10.2. The number of rotatable bonds is 3. The van der Waals surface area contributed by atoms with Crippen molar-refractivity contribution in [2.24, 2.45) is 0 Å².